The Morgan fingerprint density at radius 1 is 0.952 bits per heavy atom. The minimum atomic E-state index is -4.33. The van der Waals surface area contributed by atoms with Crippen LogP contribution in [0, 0.1) is 18.7 Å². The van der Waals surface area contributed by atoms with Crippen LogP contribution in [-0.4, -0.2) is 58.5 Å². The maximum Gasteiger partial charge on any atom is 0.264 e. The summed E-state index contributed by atoms with van der Waals surface area (Å²) in [4.78, 5) is 28.3. The van der Waals surface area contributed by atoms with Crippen LogP contribution in [0.1, 0.15) is 31.9 Å². The Labute approximate surface area is 247 Å². The van der Waals surface area contributed by atoms with E-state index in [9.17, 15) is 22.4 Å². The number of nitrogens with one attached hydrogen (secondary N) is 1. The molecule has 3 aromatic rings. The zero-order valence-corrected chi connectivity index (χ0v) is 25.6. The summed E-state index contributed by atoms with van der Waals surface area (Å²) in [6, 6.07) is 15.7. The van der Waals surface area contributed by atoms with E-state index in [1.807, 2.05) is 20.8 Å². The highest BCUT2D eigenvalue weighted by Crippen LogP contribution is 2.36. The highest BCUT2D eigenvalue weighted by Gasteiger charge is 2.34. The van der Waals surface area contributed by atoms with Gasteiger partial charge < -0.3 is 19.7 Å². The van der Waals surface area contributed by atoms with E-state index in [2.05, 4.69) is 5.32 Å². The summed E-state index contributed by atoms with van der Waals surface area (Å²) in [6.07, 6.45) is 0. The third-order valence-corrected chi connectivity index (χ3v) is 8.47. The first-order valence-corrected chi connectivity index (χ1v) is 14.9. The fourth-order valence-electron chi connectivity index (χ4n) is 4.19. The molecule has 0 spiro atoms. The predicted molar refractivity (Wildman–Crippen MR) is 160 cm³/mol. The maximum absolute atomic E-state index is 14.7. The standard InChI is InChI=1S/C31H38FN3O6S/c1-21(2)18-33-31(37)23(4)34(19-24-9-7-8-10-27(24)32)30(36)20-35(28-17-25(40-5)13-16-29(28)41-6)42(38,39)26-14-11-22(3)12-15-26/h7-17,21,23H,18-20H2,1-6H3,(H,33,37)/t23-/m1/s1. The molecule has 0 saturated carbocycles. The van der Waals surface area contributed by atoms with Gasteiger partial charge >= 0.3 is 0 Å². The van der Waals surface area contributed by atoms with E-state index in [-0.39, 0.29) is 34.4 Å². The molecule has 2 amide bonds. The normalized spacial score (nSPS) is 12.0. The molecule has 42 heavy (non-hydrogen) atoms. The summed E-state index contributed by atoms with van der Waals surface area (Å²) in [6.45, 7) is 6.64. The van der Waals surface area contributed by atoms with Gasteiger partial charge in [0, 0.05) is 24.7 Å². The lowest BCUT2D eigenvalue weighted by atomic mass is 10.1. The molecule has 0 saturated heterocycles. The molecule has 0 aliphatic heterocycles. The van der Waals surface area contributed by atoms with Crippen molar-refractivity contribution in [1.82, 2.24) is 10.2 Å². The number of ether oxygens (including phenoxy) is 2. The summed E-state index contributed by atoms with van der Waals surface area (Å²) in [7, 11) is -1.51. The van der Waals surface area contributed by atoms with Crippen molar-refractivity contribution in [2.75, 3.05) is 31.6 Å². The number of rotatable bonds is 13. The number of hydrogen-bond donors (Lipinski definition) is 1. The van der Waals surface area contributed by atoms with Gasteiger partial charge in [-0.1, -0.05) is 49.7 Å². The smallest absolute Gasteiger partial charge is 0.264 e. The van der Waals surface area contributed by atoms with Gasteiger partial charge in [0.1, 0.15) is 29.9 Å². The third kappa shape index (κ3) is 7.79. The summed E-state index contributed by atoms with van der Waals surface area (Å²) in [5, 5.41) is 2.80. The van der Waals surface area contributed by atoms with Gasteiger partial charge in [-0.2, -0.15) is 0 Å². The highest BCUT2D eigenvalue weighted by molar-refractivity contribution is 7.92. The number of methoxy groups -OCH3 is 2. The van der Waals surface area contributed by atoms with Crippen LogP contribution in [0.5, 0.6) is 11.5 Å². The zero-order valence-electron chi connectivity index (χ0n) is 24.8. The van der Waals surface area contributed by atoms with E-state index < -0.39 is 40.2 Å². The minimum absolute atomic E-state index is 0.0471. The van der Waals surface area contributed by atoms with Gasteiger partial charge in [0.2, 0.25) is 11.8 Å². The maximum atomic E-state index is 14.7. The third-order valence-electron chi connectivity index (χ3n) is 6.69. The fourth-order valence-corrected chi connectivity index (χ4v) is 5.60. The molecule has 0 aliphatic carbocycles. The van der Waals surface area contributed by atoms with Gasteiger partial charge in [0.25, 0.3) is 10.0 Å². The second-order valence-corrected chi connectivity index (χ2v) is 12.2. The van der Waals surface area contributed by atoms with Gasteiger partial charge in [-0.25, -0.2) is 12.8 Å². The number of benzene rings is 3. The Bertz CT molecular complexity index is 1490. The number of carbonyl (C=O) groups excluding carboxylic acids is 2. The fraction of sp³-hybridized carbons (Fsp3) is 0.355. The Balaban J connectivity index is 2.12. The van der Waals surface area contributed by atoms with E-state index in [0.29, 0.717) is 12.3 Å². The molecule has 3 rings (SSSR count). The second-order valence-electron chi connectivity index (χ2n) is 10.3. The molecule has 0 heterocycles. The van der Waals surface area contributed by atoms with E-state index >= 15 is 0 Å². The van der Waals surface area contributed by atoms with E-state index in [1.165, 1.54) is 68.5 Å². The summed E-state index contributed by atoms with van der Waals surface area (Å²) in [5.74, 6) is -1.03. The second kappa shape index (κ2) is 14.2. The van der Waals surface area contributed by atoms with Crippen molar-refractivity contribution in [3.63, 3.8) is 0 Å². The number of aryl methyl sites for hydroxylation is 1. The van der Waals surface area contributed by atoms with Crippen molar-refractivity contribution in [1.29, 1.82) is 0 Å². The average molecular weight is 600 g/mol. The Morgan fingerprint density at radius 3 is 2.21 bits per heavy atom. The zero-order chi connectivity index (χ0) is 31.0. The van der Waals surface area contributed by atoms with Crippen LogP contribution in [0.2, 0.25) is 0 Å². The molecule has 1 atom stereocenters. The number of hydrogen-bond acceptors (Lipinski definition) is 6. The van der Waals surface area contributed by atoms with Crippen LogP contribution in [0.25, 0.3) is 0 Å². The van der Waals surface area contributed by atoms with Crippen LogP contribution >= 0.6 is 0 Å². The number of halogens is 1. The first-order valence-electron chi connectivity index (χ1n) is 13.5. The lowest BCUT2D eigenvalue weighted by Crippen LogP contribution is -2.51. The van der Waals surface area contributed by atoms with Gasteiger partial charge in [-0.3, -0.25) is 13.9 Å². The monoisotopic (exact) mass is 599 g/mol. The van der Waals surface area contributed by atoms with Crippen LogP contribution in [0.15, 0.2) is 71.6 Å². The lowest BCUT2D eigenvalue weighted by molar-refractivity contribution is -0.139. The van der Waals surface area contributed by atoms with Crippen LogP contribution < -0.4 is 19.1 Å². The summed E-state index contributed by atoms with van der Waals surface area (Å²) in [5.41, 5.74) is 1.10. The quantitative estimate of drug-likeness (QED) is 0.310. The van der Waals surface area contributed by atoms with Gasteiger partial charge in [0.05, 0.1) is 24.8 Å². The predicted octanol–water partition coefficient (Wildman–Crippen LogP) is 4.54. The Kier molecular flexibility index (Phi) is 10.9. The molecule has 11 heteroatoms. The van der Waals surface area contributed by atoms with Crippen molar-refractivity contribution in [2.24, 2.45) is 5.92 Å². The molecule has 1 N–H and O–H groups in total. The lowest BCUT2D eigenvalue weighted by Gasteiger charge is -2.32. The van der Waals surface area contributed by atoms with Crippen LogP contribution in [-0.2, 0) is 26.2 Å². The summed E-state index contributed by atoms with van der Waals surface area (Å²) < 4.78 is 54.6. The highest BCUT2D eigenvalue weighted by atomic mass is 32.2. The van der Waals surface area contributed by atoms with Crippen molar-refractivity contribution in [2.45, 2.75) is 45.2 Å². The van der Waals surface area contributed by atoms with Crippen LogP contribution in [0.3, 0.4) is 0 Å². The molecule has 0 aromatic heterocycles. The van der Waals surface area contributed by atoms with Gasteiger partial charge in [0.15, 0.2) is 0 Å². The van der Waals surface area contributed by atoms with Crippen LogP contribution in [0.4, 0.5) is 10.1 Å². The summed E-state index contributed by atoms with van der Waals surface area (Å²) >= 11 is 0. The molecule has 226 valence electrons. The largest absolute Gasteiger partial charge is 0.497 e. The molecule has 0 bridgehead atoms. The number of amides is 2. The first kappa shape index (κ1) is 32.4. The Hall–Kier alpha value is -4.12. The molecular formula is C31H38FN3O6S. The molecule has 3 aromatic carbocycles. The molecule has 0 radical (unpaired) electrons. The topological polar surface area (TPSA) is 105 Å². The SMILES string of the molecule is COc1ccc(OC)c(N(CC(=O)N(Cc2ccccc2F)[C@H](C)C(=O)NCC(C)C)S(=O)(=O)c2ccc(C)cc2)c1. The molecule has 0 unspecified atom stereocenters. The Morgan fingerprint density at radius 2 is 1.62 bits per heavy atom. The molecule has 0 fully saturated rings. The number of anilines is 1. The van der Waals surface area contributed by atoms with E-state index in [4.69, 9.17) is 9.47 Å². The van der Waals surface area contributed by atoms with E-state index in [1.54, 1.807) is 24.3 Å². The number of sulfonamides is 1. The van der Waals surface area contributed by atoms with Crippen molar-refractivity contribution >= 4 is 27.5 Å². The number of carbonyl (C=O) groups is 2. The molecule has 0 aliphatic rings. The van der Waals surface area contributed by atoms with Crippen molar-refractivity contribution < 1.29 is 31.9 Å². The number of nitrogens with zero attached hydrogens (tertiary/aromatic N) is 2. The average Bonchev–Trinajstić information content (AvgIpc) is 2.97. The molecular weight excluding hydrogens is 561 g/mol. The van der Waals surface area contributed by atoms with E-state index in [0.717, 1.165) is 9.87 Å². The minimum Gasteiger partial charge on any atom is -0.497 e. The molecule has 9 nitrogen and oxygen atoms in total. The van der Waals surface area contributed by atoms with Gasteiger partial charge in [-0.05, 0) is 50.1 Å². The van der Waals surface area contributed by atoms with Crippen molar-refractivity contribution in [3.8, 4) is 11.5 Å². The van der Waals surface area contributed by atoms with Crippen molar-refractivity contribution in [3.05, 3.63) is 83.7 Å². The first-order chi connectivity index (χ1) is 19.9. The van der Waals surface area contributed by atoms with Gasteiger partial charge in [-0.15, -0.1) is 0 Å².